The number of hydrogen-bond acceptors (Lipinski definition) is 9. The van der Waals surface area contributed by atoms with E-state index in [2.05, 4.69) is 25.4 Å². The van der Waals surface area contributed by atoms with Gasteiger partial charge in [0, 0.05) is 19.9 Å². The van der Waals surface area contributed by atoms with Crippen molar-refractivity contribution < 1.29 is 23.8 Å². The predicted molar refractivity (Wildman–Crippen MR) is 123 cm³/mol. The van der Waals surface area contributed by atoms with Gasteiger partial charge in [0.25, 0.3) is 0 Å². The van der Waals surface area contributed by atoms with Gasteiger partial charge >= 0.3 is 0 Å². The summed E-state index contributed by atoms with van der Waals surface area (Å²) in [6.45, 7) is 5.08. The SMILES string of the molecule is COC(OC)C(C)=O.COc1ccc(N/N=C(/C)C=O)cc1.Cc1ccc(NN)cc1. The van der Waals surface area contributed by atoms with Crippen molar-refractivity contribution in [2.45, 2.75) is 27.1 Å². The molecule has 31 heavy (non-hydrogen) atoms. The van der Waals surface area contributed by atoms with Crippen LogP contribution in [0.1, 0.15) is 19.4 Å². The number of aryl methyl sites for hydroxylation is 1. The molecular weight excluding hydrogens is 400 g/mol. The number of ketones is 1. The lowest BCUT2D eigenvalue weighted by Gasteiger charge is -2.07. The molecule has 2 rings (SSSR count). The molecule has 9 nitrogen and oxygen atoms in total. The van der Waals surface area contributed by atoms with Crippen molar-refractivity contribution in [3.63, 3.8) is 0 Å². The summed E-state index contributed by atoms with van der Waals surface area (Å²) in [4.78, 5) is 20.6. The Hall–Kier alpha value is -3.27. The van der Waals surface area contributed by atoms with Gasteiger partial charge in [-0.25, -0.2) is 0 Å². The minimum absolute atomic E-state index is 0.116. The highest BCUT2D eigenvalue weighted by Crippen LogP contribution is 2.14. The first-order chi connectivity index (χ1) is 14.8. The number of nitrogens with one attached hydrogen (secondary N) is 2. The van der Waals surface area contributed by atoms with E-state index in [-0.39, 0.29) is 5.78 Å². The van der Waals surface area contributed by atoms with Crippen molar-refractivity contribution in [2.24, 2.45) is 10.9 Å². The highest BCUT2D eigenvalue weighted by molar-refractivity contribution is 6.27. The number of hydrazone groups is 1. The normalized spacial score (nSPS) is 10.1. The Morgan fingerprint density at radius 3 is 1.84 bits per heavy atom. The van der Waals surface area contributed by atoms with E-state index in [1.54, 1.807) is 14.0 Å². The van der Waals surface area contributed by atoms with Crippen LogP contribution in [0.4, 0.5) is 11.4 Å². The number of anilines is 2. The molecule has 0 amide bonds. The minimum Gasteiger partial charge on any atom is -0.497 e. The third-order valence-corrected chi connectivity index (χ3v) is 3.60. The number of hydrogen-bond donors (Lipinski definition) is 3. The first-order valence-corrected chi connectivity index (χ1v) is 9.30. The molecule has 0 aliphatic rings. The molecule has 0 heterocycles. The maximum absolute atomic E-state index is 10.4. The largest absolute Gasteiger partial charge is 0.497 e. The smallest absolute Gasteiger partial charge is 0.216 e. The highest BCUT2D eigenvalue weighted by atomic mass is 16.7. The molecule has 170 valence electrons. The number of rotatable bonds is 8. The fraction of sp³-hybridized carbons (Fsp3) is 0.318. The lowest BCUT2D eigenvalue weighted by atomic mass is 10.2. The number of Topliss-reactive ketones (excluding diaryl/α,β-unsaturated/α-hetero) is 1. The molecule has 0 aliphatic carbocycles. The minimum atomic E-state index is -0.685. The van der Waals surface area contributed by atoms with E-state index in [9.17, 15) is 9.59 Å². The number of aldehydes is 1. The summed E-state index contributed by atoms with van der Waals surface area (Å²) in [5.74, 6) is 5.82. The molecule has 2 aromatic rings. The summed E-state index contributed by atoms with van der Waals surface area (Å²) in [5, 5.41) is 3.83. The monoisotopic (exact) mass is 432 g/mol. The Morgan fingerprint density at radius 2 is 1.48 bits per heavy atom. The average Bonchev–Trinajstić information content (AvgIpc) is 2.79. The number of benzene rings is 2. The lowest BCUT2D eigenvalue weighted by molar-refractivity contribution is -0.154. The molecule has 0 radical (unpaired) electrons. The van der Waals surface area contributed by atoms with Crippen LogP contribution in [0.5, 0.6) is 5.75 Å². The van der Waals surface area contributed by atoms with E-state index in [0.29, 0.717) is 12.0 Å². The number of carbonyl (C=O) groups excluding carboxylic acids is 2. The molecule has 2 aromatic carbocycles. The zero-order chi connectivity index (χ0) is 23.6. The van der Waals surface area contributed by atoms with Crippen LogP contribution in [0.3, 0.4) is 0 Å². The summed E-state index contributed by atoms with van der Waals surface area (Å²) in [7, 11) is 4.46. The zero-order valence-corrected chi connectivity index (χ0v) is 18.8. The summed E-state index contributed by atoms with van der Waals surface area (Å²) >= 11 is 0. The topological polar surface area (TPSA) is 124 Å². The number of nitrogen functional groups attached to an aromatic ring is 1. The third kappa shape index (κ3) is 12.8. The third-order valence-electron chi connectivity index (χ3n) is 3.60. The van der Waals surface area contributed by atoms with Gasteiger partial charge in [0.15, 0.2) is 12.1 Å². The second-order valence-electron chi connectivity index (χ2n) is 6.14. The molecule has 0 spiro atoms. The molecule has 9 heteroatoms. The Bertz CT molecular complexity index is 789. The van der Waals surface area contributed by atoms with E-state index in [1.807, 2.05) is 55.5 Å². The van der Waals surface area contributed by atoms with Gasteiger partial charge in [-0.15, -0.1) is 0 Å². The quantitative estimate of drug-likeness (QED) is 0.191. The number of carbonyl (C=O) groups is 2. The summed E-state index contributed by atoms with van der Waals surface area (Å²) < 4.78 is 14.2. The standard InChI is InChI=1S/C10H12N2O2.C7H10N2.C5H10O3/c1-8(7-13)11-12-9-3-5-10(14-2)6-4-9;1-6-2-4-7(9-8)5-3-6;1-4(6)5(7-2)8-3/h3-7,12H,1-2H3;2-5,9H,8H2,1H3;5H,1-3H3/b11-8-;;. The maximum atomic E-state index is 10.4. The fourth-order valence-electron chi connectivity index (χ4n) is 1.92. The van der Waals surface area contributed by atoms with Crippen molar-refractivity contribution in [3.8, 4) is 5.75 Å². The van der Waals surface area contributed by atoms with Gasteiger partial charge in [-0.3, -0.25) is 20.9 Å². The van der Waals surface area contributed by atoms with Crippen LogP contribution in [0.25, 0.3) is 0 Å². The van der Waals surface area contributed by atoms with Gasteiger partial charge in [0.2, 0.25) is 6.29 Å². The van der Waals surface area contributed by atoms with E-state index < -0.39 is 6.29 Å². The number of ether oxygens (including phenoxy) is 3. The number of hydrazine groups is 1. The van der Waals surface area contributed by atoms with Crippen molar-refractivity contribution >= 4 is 29.2 Å². The Kier molecular flexibility index (Phi) is 14.8. The number of methoxy groups -OCH3 is 3. The van der Waals surface area contributed by atoms with Crippen LogP contribution < -0.4 is 21.4 Å². The van der Waals surface area contributed by atoms with Crippen LogP contribution >= 0.6 is 0 Å². The Balaban J connectivity index is 0.000000461. The van der Waals surface area contributed by atoms with Crippen molar-refractivity contribution in [2.75, 3.05) is 32.2 Å². The summed E-state index contributed by atoms with van der Waals surface area (Å²) in [6.07, 6.45) is 0.00581. The van der Waals surface area contributed by atoms with Crippen LogP contribution in [0.2, 0.25) is 0 Å². The maximum Gasteiger partial charge on any atom is 0.216 e. The van der Waals surface area contributed by atoms with Gasteiger partial charge in [-0.05, 0) is 57.2 Å². The van der Waals surface area contributed by atoms with Gasteiger partial charge in [0.1, 0.15) is 5.75 Å². The highest BCUT2D eigenvalue weighted by Gasteiger charge is 2.08. The molecule has 0 saturated heterocycles. The van der Waals surface area contributed by atoms with E-state index in [1.165, 1.54) is 26.7 Å². The molecule has 0 bridgehead atoms. The number of nitrogens with zero attached hydrogens (tertiary/aromatic N) is 1. The van der Waals surface area contributed by atoms with Crippen LogP contribution in [-0.4, -0.2) is 45.4 Å². The molecule has 0 fully saturated rings. The number of nitrogens with two attached hydrogens (primary N) is 1. The first kappa shape index (κ1) is 27.7. The molecule has 0 atom stereocenters. The Morgan fingerprint density at radius 1 is 0.968 bits per heavy atom. The molecule has 0 aromatic heterocycles. The van der Waals surface area contributed by atoms with Crippen molar-refractivity contribution in [1.82, 2.24) is 0 Å². The van der Waals surface area contributed by atoms with E-state index in [4.69, 9.17) is 10.6 Å². The van der Waals surface area contributed by atoms with E-state index in [0.717, 1.165) is 17.1 Å². The molecule has 0 aliphatic heterocycles. The van der Waals surface area contributed by atoms with Crippen LogP contribution in [-0.2, 0) is 19.1 Å². The van der Waals surface area contributed by atoms with Gasteiger partial charge in [-0.2, -0.15) is 5.10 Å². The summed E-state index contributed by atoms with van der Waals surface area (Å²) in [6, 6.07) is 15.2. The zero-order valence-electron chi connectivity index (χ0n) is 18.8. The lowest BCUT2D eigenvalue weighted by Crippen LogP contribution is -2.21. The molecule has 4 N–H and O–H groups in total. The van der Waals surface area contributed by atoms with Gasteiger partial charge in [0.05, 0.1) is 18.5 Å². The molecule has 0 unspecified atom stereocenters. The van der Waals surface area contributed by atoms with E-state index >= 15 is 0 Å². The van der Waals surface area contributed by atoms with Crippen molar-refractivity contribution in [3.05, 3.63) is 54.1 Å². The van der Waals surface area contributed by atoms with Gasteiger partial charge in [-0.1, -0.05) is 17.7 Å². The van der Waals surface area contributed by atoms with Crippen molar-refractivity contribution in [1.29, 1.82) is 0 Å². The fourth-order valence-corrected chi connectivity index (χ4v) is 1.92. The second kappa shape index (κ2) is 16.5. The van der Waals surface area contributed by atoms with Crippen LogP contribution in [0, 0.1) is 6.92 Å². The summed E-state index contributed by atoms with van der Waals surface area (Å²) in [5.41, 5.74) is 8.71. The average molecular weight is 433 g/mol. The predicted octanol–water partition coefficient (Wildman–Crippen LogP) is 3.16. The Labute approximate surface area is 183 Å². The first-order valence-electron chi connectivity index (χ1n) is 9.30. The molecule has 0 saturated carbocycles. The molecular formula is C22H32N4O5. The van der Waals surface area contributed by atoms with Crippen LogP contribution in [0.15, 0.2) is 53.6 Å². The second-order valence-corrected chi connectivity index (χ2v) is 6.14. The van der Waals surface area contributed by atoms with Gasteiger partial charge < -0.3 is 19.6 Å².